The molecule has 2 amide bonds. The van der Waals surface area contributed by atoms with Gasteiger partial charge in [0.05, 0.1) is 11.8 Å². The van der Waals surface area contributed by atoms with Crippen molar-refractivity contribution in [3.63, 3.8) is 0 Å². The maximum absolute atomic E-state index is 12.2. The Hall–Kier alpha value is -1.67. The summed E-state index contributed by atoms with van der Waals surface area (Å²) in [7, 11) is 0. The first kappa shape index (κ1) is 15.4. The van der Waals surface area contributed by atoms with Gasteiger partial charge in [0.15, 0.2) is 0 Å². The van der Waals surface area contributed by atoms with Crippen molar-refractivity contribution in [3.05, 3.63) is 0 Å². The highest BCUT2D eigenvalue weighted by Gasteiger charge is 2.40. The van der Waals surface area contributed by atoms with E-state index in [1.807, 2.05) is 0 Å². The van der Waals surface area contributed by atoms with Crippen molar-refractivity contribution in [1.29, 1.82) is 0 Å². The van der Waals surface area contributed by atoms with E-state index in [0.29, 0.717) is 26.1 Å². The average molecular weight is 273 g/mol. The van der Waals surface area contributed by atoms with Crippen molar-refractivity contribution in [3.8, 4) is 0 Å². The highest BCUT2D eigenvalue weighted by Crippen LogP contribution is 2.29. The fourth-order valence-corrected chi connectivity index (χ4v) is 2.00. The van der Waals surface area contributed by atoms with Gasteiger partial charge in [-0.2, -0.15) is 0 Å². The van der Waals surface area contributed by atoms with Gasteiger partial charge in [-0.15, -0.1) is 0 Å². The summed E-state index contributed by atoms with van der Waals surface area (Å²) in [6, 6.07) is -1.32. The summed E-state index contributed by atoms with van der Waals surface area (Å²) in [6.07, 6.45) is 0.411. The molecule has 0 aromatic carbocycles. The number of carbonyl (C=O) groups is 3. The van der Waals surface area contributed by atoms with E-state index >= 15 is 0 Å². The second kappa shape index (κ2) is 6.48. The molecule has 108 valence electrons. The van der Waals surface area contributed by atoms with Crippen LogP contribution in [0.2, 0.25) is 0 Å². The molecule has 1 saturated heterocycles. The molecule has 1 aliphatic rings. The van der Waals surface area contributed by atoms with Gasteiger partial charge in [-0.3, -0.25) is 9.59 Å². The minimum atomic E-state index is -1.32. The predicted octanol–water partition coefficient (Wildman–Crippen LogP) is -1.81. The van der Waals surface area contributed by atoms with Crippen LogP contribution in [0.15, 0.2) is 0 Å². The van der Waals surface area contributed by atoms with Gasteiger partial charge in [-0.25, -0.2) is 4.79 Å². The van der Waals surface area contributed by atoms with Gasteiger partial charge < -0.3 is 26.6 Å². The Balaban J connectivity index is 2.74. The molecule has 0 unspecified atom stereocenters. The topological polar surface area (TPSA) is 145 Å². The summed E-state index contributed by atoms with van der Waals surface area (Å²) < 4.78 is 5.17. The van der Waals surface area contributed by atoms with Gasteiger partial charge in [0.2, 0.25) is 11.8 Å². The lowest BCUT2D eigenvalue weighted by Gasteiger charge is -2.35. The lowest BCUT2D eigenvalue weighted by molar-refractivity contribution is -0.146. The number of ether oxygens (including phenoxy) is 1. The van der Waals surface area contributed by atoms with E-state index in [9.17, 15) is 14.4 Å². The van der Waals surface area contributed by atoms with E-state index in [0.717, 1.165) is 0 Å². The van der Waals surface area contributed by atoms with E-state index in [-0.39, 0.29) is 6.54 Å². The minimum absolute atomic E-state index is 0.102. The highest BCUT2D eigenvalue weighted by molar-refractivity contribution is 5.90. The second-order valence-corrected chi connectivity index (χ2v) is 4.63. The Labute approximate surface area is 110 Å². The summed E-state index contributed by atoms with van der Waals surface area (Å²) in [5.74, 6) is -2.56. The number of nitrogens with two attached hydrogens (primary N) is 2. The summed E-state index contributed by atoms with van der Waals surface area (Å²) in [4.78, 5) is 33.9. The Morgan fingerprint density at radius 2 is 1.89 bits per heavy atom. The van der Waals surface area contributed by atoms with E-state index in [1.54, 1.807) is 0 Å². The van der Waals surface area contributed by atoms with Gasteiger partial charge in [-0.1, -0.05) is 0 Å². The van der Waals surface area contributed by atoms with Crippen molar-refractivity contribution >= 4 is 17.8 Å². The number of hydrogen-bond acceptors (Lipinski definition) is 5. The van der Waals surface area contributed by atoms with Gasteiger partial charge in [0.25, 0.3) is 0 Å². The maximum atomic E-state index is 12.2. The number of nitrogens with one attached hydrogen (secondary N) is 1. The third-order valence-electron chi connectivity index (χ3n) is 3.33. The molecule has 0 spiro atoms. The molecule has 19 heavy (non-hydrogen) atoms. The van der Waals surface area contributed by atoms with Crippen LogP contribution in [0.4, 0.5) is 0 Å². The van der Waals surface area contributed by atoms with Gasteiger partial charge >= 0.3 is 5.97 Å². The second-order valence-electron chi connectivity index (χ2n) is 4.63. The first-order chi connectivity index (χ1) is 8.91. The largest absolute Gasteiger partial charge is 0.480 e. The van der Waals surface area contributed by atoms with Crippen LogP contribution < -0.4 is 16.8 Å². The smallest absolute Gasteiger partial charge is 0.326 e. The fourth-order valence-electron chi connectivity index (χ4n) is 2.00. The number of carbonyl (C=O) groups excluding carboxylic acids is 2. The number of primary amides is 1. The molecule has 1 atom stereocenters. The Bertz CT molecular complexity index is 365. The maximum Gasteiger partial charge on any atom is 0.326 e. The molecule has 0 aromatic rings. The molecule has 1 fully saturated rings. The van der Waals surface area contributed by atoms with Crippen molar-refractivity contribution in [2.45, 2.75) is 25.3 Å². The first-order valence-corrected chi connectivity index (χ1v) is 6.01. The zero-order valence-corrected chi connectivity index (χ0v) is 10.6. The SMILES string of the molecule is NCC1(C(=O)N[C@@H](CC(N)=O)C(=O)O)CCOCC1. The predicted molar refractivity (Wildman–Crippen MR) is 64.9 cm³/mol. The first-order valence-electron chi connectivity index (χ1n) is 6.01. The molecule has 1 rings (SSSR count). The summed E-state index contributed by atoms with van der Waals surface area (Å²) in [5, 5.41) is 11.3. The molecule has 6 N–H and O–H groups in total. The molecular formula is C11H19N3O5. The Morgan fingerprint density at radius 1 is 1.32 bits per heavy atom. The Morgan fingerprint density at radius 3 is 2.32 bits per heavy atom. The lowest BCUT2D eigenvalue weighted by atomic mass is 9.79. The quantitative estimate of drug-likeness (QED) is 0.448. The zero-order valence-electron chi connectivity index (χ0n) is 10.6. The number of amides is 2. The highest BCUT2D eigenvalue weighted by atomic mass is 16.5. The normalized spacial score (nSPS) is 19.4. The monoisotopic (exact) mass is 273 g/mol. The van der Waals surface area contributed by atoms with Gasteiger partial charge in [0, 0.05) is 19.8 Å². The number of carboxylic acid groups (broad SMARTS) is 1. The van der Waals surface area contributed by atoms with E-state index < -0.39 is 35.7 Å². The van der Waals surface area contributed by atoms with Crippen LogP contribution in [-0.2, 0) is 19.1 Å². The minimum Gasteiger partial charge on any atom is -0.480 e. The van der Waals surface area contributed by atoms with Crippen molar-refractivity contribution in [1.82, 2.24) is 5.32 Å². The van der Waals surface area contributed by atoms with Gasteiger partial charge in [0.1, 0.15) is 6.04 Å². The lowest BCUT2D eigenvalue weighted by Crippen LogP contribution is -2.54. The number of rotatable bonds is 6. The third kappa shape index (κ3) is 3.90. The van der Waals surface area contributed by atoms with Crippen LogP contribution in [0.25, 0.3) is 0 Å². The van der Waals surface area contributed by atoms with Crippen LogP contribution in [0.3, 0.4) is 0 Å². The van der Waals surface area contributed by atoms with E-state index in [1.165, 1.54) is 0 Å². The van der Waals surface area contributed by atoms with E-state index in [2.05, 4.69) is 5.32 Å². The molecule has 0 saturated carbocycles. The molecule has 0 aliphatic carbocycles. The molecule has 1 heterocycles. The van der Waals surface area contributed by atoms with Gasteiger partial charge in [-0.05, 0) is 12.8 Å². The third-order valence-corrected chi connectivity index (χ3v) is 3.33. The number of carboxylic acids is 1. The van der Waals surface area contributed by atoms with Crippen LogP contribution in [0.5, 0.6) is 0 Å². The molecule has 0 aromatic heterocycles. The molecule has 8 nitrogen and oxygen atoms in total. The summed E-state index contributed by atoms with van der Waals surface area (Å²) in [5.41, 5.74) is 9.76. The molecule has 0 radical (unpaired) electrons. The van der Waals surface area contributed by atoms with Crippen molar-refractivity contribution in [2.75, 3.05) is 19.8 Å². The average Bonchev–Trinajstić information content (AvgIpc) is 2.38. The molecule has 0 bridgehead atoms. The molecule has 1 aliphatic heterocycles. The van der Waals surface area contributed by atoms with Crippen molar-refractivity contribution in [2.24, 2.45) is 16.9 Å². The Kier molecular flexibility index (Phi) is 5.25. The van der Waals surface area contributed by atoms with Crippen LogP contribution >= 0.6 is 0 Å². The standard InChI is InChI=1S/C11H19N3O5/c12-6-11(1-3-19-4-2-11)10(18)14-7(9(16)17)5-8(13)15/h7H,1-6,12H2,(H2,13,15)(H,14,18)(H,16,17)/t7-/m0/s1. The van der Waals surface area contributed by atoms with E-state index in [4.69, 9.17) is 21.3 Å². The number of aliphatic carboxylic acids is 1. The fraction of sp³-hybridized carbons (Fsp3) is 0.727. The molecule has 8 heteroatoms. The van der Waals surface area contributed by atoms with Crippen LogP contribution in [0, 0.1) is 5.41 Å². The summed E-state index contributed by atoms with van der Waals surface area (Å²) >= 11 is 0. The van der Waals surface area contributed by atoms with Crippen LogP contribution in [0.1, 0.15) is 19.3 Å². The number of hydrogen-bond donors (Lipinski definition) is 4. The van der Waals surface area contributed by atoms with Crippen LogP contribution in [-0.4, -0.2) is 48.7 Å². The summed E-state index contributed by atoms with van der Waals surface area (Å²) in [6.45, 7) is 0.904. The van der Waals surface area contributed by atoms with Crippen molar-refractivity contribution < 1.29 is 24.2 Å². The zero-order chi connectivity index (χ0) is 14.5. The molecular weight excluding hydrogens is 254 g/mol.